The second-order valence-electron chi connectivity index (χ2n) is 5.64. The summed E-state index contributed by atoms with van der Waals surface area (Å²) in [5.74, 6) is -1.50. The zero-order valence-corrected chi connectivity index (χ0v) is 15.7. The number of nitrogens with one attached hydrogen (secondary N) is 1. The normalized spacial score (nSPS) is 13.2. The number of thiophene rings is 1. The lowest BCUT2D eigenvalue weighted by Crippen LogP contribution is -2.30. The molecule has 0 aliphatic rings. The van der Waals surface area contributed by atoms with Crippen LogP contribution >= 0.6 is 34.5 Å². The molecule has 2 atom stereocenters. The molecule has 3 aromatic rings. The Hall–Kier alpha value is -2.05. The van der Waals surface area contributed by atoms with E-state index in [1.807, 2.05) is 0 Å². The molecule has 2 N–H and O–H groups in total. The zero-order chi connectivity index (χ0) is 18.7. The number of aromatic nitrogens is 1. The molecule has 2 heterocycles. The van der Waals surface area contributed by atoms with Gasteiger partial charge >= 0.3 is 0 Å². The molecule has 4 nitrogen and oxygen atoms in total. The minimum Gasteiger partial charge on any atom is -0.387 e. The number of hydrogen-bond donors (Lipinski definition) is 2. The molecule has 132 valence electrons. The van der Waals surface area contributed by atoms with Crippen molar-refractivity contribution in [1.29, 1.82) is 5.41 Å². The number of halogens is 2. The van der Waals surface area contributed by atoms with E-state index in [9.17, 15) is 9.90 Å². The minimum absolute atomic E-state index is 0.00511. The lowest BCUT2D eigenvalue weighted by atomic mass is 9.83. The van der Waals surface area contributed by atoms with Crippen LogP contribution in [0.1, 0.15) is 27.6 Å². The average molecular weight is 405 g/mol. The maximum atomic E-state index is 13.1. The third-order valence-electron chi connectivity index (χ3n) is 3.92. The molecular formula is C19H14Cl2N2O2S. The van der Waals surface area contributed by atoms with E-state index in [1.165, 1.54) is 23.6 Å². The van der Waals surface area contributed by atoms with Crippen LogP contribution in [0.4, 0.5) is 0 Å². The maximum Gasteiger partial charge on any atom is 0.174 e. The molecule has 0 aliphatic carbocycles. The van der Waals surface area contributed by atoms with Crippen molar-refractivity contribution in [2.45, 2.75) is 6.10 Å². The molecule has 3 rings (SSSR count). The van der Waals surface area contributed by atoms with E-state index in [4.69, 9.17) is 28.6 Å². The van der Waals surface area contributed by atoms with Gasteiger partial charge in [0.1, 0.15) is 0 Å². The number of ketones is 1. The predicted molar refractivity (Wildman–Crippen MR) is 105 cm³/mol. The quantitative estimate of drug-likeness (QED) is 0.445. The number of nitrogens with zero attached hydrogens (tertiary/aromatic N) is 1. The van der Waals surface area contributed by atoms with Crippen LogP contribution in [0.25, 0.3) is 0 Å². The molecule has 26 heavy (non-hydrogen) atoms. The van der Waals surface area contributed by atoms with E-state index in [2.05, 4.69) is 4.98 Å². The van der Waals surface area contributed by atoms with Crippen LogP contribution in [0.5, 0.6) is 0 Å². The van der Waals surface area contributed by atoms with E-state index in [-0.39, 0.29) is 5.71 Å². The molecule has 0 aliphatic heterocycles. The fourth-order valence-electron chi connectivity index (χ4n) is 2.63. The first-order valence-corrected chi connectivity index (χ1v) is 9.31. The standard InChI is InChI=1S/C19H14Cl2N2O2S/c20-14-5-1-3-11(7-14)18(24)16(17(22)13-8-15(21)26-10-13)19(25)12-4-2-6-23-9-12/h1-10,16,19,22,25H. The summed E-state index contributed by atoms with van der Waals surface area (Å²) in [5, 5.41) is 21.5. The van der Waals surface area contributed by atoms with Gasteiger partial charge in [-0.1, -0.05) is 41.4 Å². The summed E-state index contributed by atoms with van der Waals surface area (Å²) in [6.07, 6.45) is 1.84. The van der Waals surface area contributed by atoms with Crippen LogP contribution in [0.3, 0.4) is 0 Å². The first kappa shape index (κ1) is 18.7. The SMILES string of the molecule is N=C(c1csc(Cl)c1)C(C(=O)c1cccc(Cl)c1)C(O)c1cccnc1. The molecule has 0 radical (unpaired) electrons. The van der Waals surface area contributed by atoms with E-state index in [1.54, 1.807) is 48.0 Å². The van der Waals surface area contributed by atoms with Gasteiger partial charge in [0.15, 0.2) is 5.78 Å². The first-order valence-electron chi connectivity index (χ1n) is 7.68. The van der Waals surface area contributed by atoms with Crippen LogP contribution in [-0.4, -0.2) is 21.6 Å². The van der Waals surface area contributed by atoms with Gasteiger partial charge in [-0.3, -0.25) is 9.78 Å². The highest BCUT2D eigenvalue weighted by atomic mass is 35.5. The van der Waals surface area contributed by atoms with Crippen LogP contribution in [-0.2, 0) is 0 Å². The molecule has 0 saturated heterocycles. The summed E-state index contributed by atoms with van der Waals surface area (Å²) in [6.45, 7) is 0. The van der Waals surface area contributed by atoms with Gasteiger partial charge in [-0.05, 0) is 29.8 Å². The highest BCUT2D eigenvalue weighted by molar-refractivity contribution is 7.14. The summed E-state index contributed by atoms with van der Waals surface area (Å²) in [6, 6.07) is 11.4. The summed E-state index contributed by atoms with van der Waals surface area (Å²) >= 11 is 13.2. The molecule has 0 spiro atoms. The summed E-state index contributed by atoms with van der Waals surface area (Å²) < 4.78 is 0.509. The first-order chi connectivity index (χ1) is 12.5. The highest BCUT2D eigenvalue weighted by Gasteiger charge is 2.34. The second kappa shape index (κ2) is 8.10. The molecule has 2 unspecified atom stereocenters. The smallest absolute Gasteiger partial charge is 0.174 e. The van der Waals surface area contributed by atoms with Crippen molar-refractivity contribution >= 4 is 46.0 Å². The van der Waals surface area contributed by atoms with Gasteiger partial charge in [-0.2, -0.15) is 0 Å². The average Bonchev–Trinajstić information content (AvgIpc) is 3.09. The van der Waals surface area contributed by atoms with Crippen molar-refractivity contribution in [3.8, 4) is 0 Å². The molecule has 1 aromatic carbocycles. The number of hydrogen-bond acceptors (Lipinski definition) is 5. The number of rotatable bonds is 6. The number of Topliss-reactive ketones (excluding diaryl/α,β-unsaturated/α-hetero) is 1. The molecule has 0 saturated carbocycles. The van der Waals surface area contributed by atoms with Gasteiger partial charge in [0.25, 0.3) is 0 Å². The van der Waals surface area contributed by atoms with Gasteiger partial charge in [0.2, 0.25) is 0 Å². The van der Waals surface area contributed by atoms with Crippen LogP contribution in [0, 0.1) is 11.3 Å². The molecule has 0 fully saturated rings. The van der Waals surface area contributed by atoms with Crippen molar-refractivity contribution in [1.82, 2.24) is 4.98 Å². The lowest BCUT2D eigenvalue weighted by Gasteiger charge is -2.23. The van der Waals surface area contributed by atoms with E-state index in [0.717, 1.165) is 0 Å². The molecule has 0 bridgehead atoms. The van der Waals surface area contributed by atoms with Gasteiger partial charge in [-0.15, -0.1) is 11.3 Å². The van der Waals surface area contributed by atoms with Gasteiger partial charge in [0, 0.05) is 33.9 Å². The van der Waals surface area contributed by atoms with Crippen molar-refractivity contribution < 1.29 is 9.90 Å². The fourth-order valence-corrected chi connectivity index (χ4v) is 3.70. The Kier molecular flexibility index (Phi) is 5.84. The summed E-state index contributed by atoms with van der Waals surface area (Å²) in [5.41, 5.74) is 1.29. The third-order valence-corrected chi connectivity index (χ3v) is 5.25. The van der Waals surface area contributed by atoms with Crippen LogP contribution in [0.2, 0.25) is 9.36 Å². The van der Waals surface area contributed by atoms with Crippen molar-refractivity contribution in [3.05, 3.63) is 86.3 Å². The number of benzene rings is 1. The topological polar surface area (TPSA) is 74.0 Å². The van der Waals surface area contributed by atoms with E-state index < -0.39 is 17.8 Å². The maximum absolute atomic E-state index is 13.1. The van der Waals surface area contributed by atoms with Gasteiger partial charge < -0.3 is 10.5 Å². The van der Waals surface area contributed by atoms with E-state index in [0.29, 0.717) is 26.0 Å². The Bertz CT molecular complexity index is 943. The summed E-state index contributed by atoms with van der Waals surface area (Å²) in [4.78, 5) is 17.1. The number of carbonyl (C=O) groups excluding carboxylic acids is 1. The van der Waals surface area contributed by atoms with E-state index >= 15 is 0 Å². The molecule has 2 aromatic heterocycles. The van der Waals surface area contributed by atoms with Crippen molar-refractivity contribution in [2.75, 3.05) is 0 Å². The number of aliphatic hydroxyl groups is 1. The van der Waals surface area contributed by atoms with Gasteiger partial charge in [-0.25, -0.2) is 0 Å². The number of carbonyl (C=O) groups is 1. The number of aliphatic hydroxyl groups excluding tert-OH is 1. The second-order valence-corrected chi connectivity index (χ2v) is 7.62. The summed E-state index contributed by atoms with van der Waals surface area (Å²) in [7, 11) is 0. The molecule has 7 heteroatoms. The highest BCUT2D eigenvalue weighted by Crippen LogP contribution is 2.31. The third kappa shape index (κ3) is 4.02. The Labute approximate surface area is 164 Å². The molecular weight excluding hydrogens is 391 g/mol. The predicted octanol–water partition coefficient (Wildman–Crippen LogP) is 5.05. The van der Waals surface area contributed by atoms with Crippen molar-refractivity contribution in [2.24, 2.45) is 5.92 Å². The van der Waals surface area contributed by atoms with Crippen molar-refractivity contribution in [3.63, 3.8) is 0 Å². The fraction of sp³-hybridized carbons (Fsp3) is 0.105. The Morgan fingerprint density at radius 3 is 2.58 bits per heavy atom. The molecule has 0 amide bonds. The Morgan fingerprint density at radius 2 is 1.96 bits per heavy atom. The van der Waals surface area contributed by atoms with Crippen LogP contribution in [0.15, 0.2) is 60.2 Å². The number of pyridine rings is 1. The Balaban J connectivity index is 2.03. The monoisotopic (exact) mass is 404 g/mol. The zero-order valence-electron chi connectivity index (χ0n) is 13.4. The minimum atomic E-state index is -1.22. The largest absolute Gasteiger partial charge is 0.387 e. The van der Waals surface area contributed by atoms with Crippen LogP contribution < -0.4 is 0 Å². The van der Waals surface area contributed by atoms with Gasteiger partial charge in [0.05, 0.1) is 22.1 Å². The Morgan fingerprint density at radius 1 is 1.15 bits per heavy atom. The lowest BCUT2D eigenvalue weighted by molar-refractivity contribution is 0.0793.